The van der Waals surface area contributed by atoms with Gasteiger partial charge in [0.1, 0.15) is 5.60 Å². The SMILES string of the molecule is CCC(C)(OC)C(=O)NCc1cc(C#CCN)cs1. The maximum atomic E-state index is 12.0. The lowest BCUT2D eigenvalue weighted by Crippen LogP contribution is -2.45. The first-order chi connectivity index (χ1) is 9.05. The molecule has 104 valence electrons. The zero-order chi connectivity index (χ0) is 14.3. The van der Waals surface area contributed by atoms with Crippen LogP contribution in [0.1, 0.15) is 30.7 Å². The van der Waals surface area contributed by atoms with Crippen molar-refractivity contribution in [1.82, 2.24) is 5.32 Å². The average Bonchev–Trinajstić information content (AvgIpc) is 2.89. The summed E-state index contributed by atoms with van der Waals surface area (Å²) >= 11 is 1.57. The van der Waals surface area contributed by atoms with Gasteiger partial charge in [-0.25, -0.2) is 0 Å². The highest BCUT2D eigenvalue weighted by molar-refractivity contribution is 7.10. The number of rotatable bonds is 5. The molecule has 0 aliphatic heterocycles. The Labute approximate surface area is 118 Å². The van der Waals surface area contributed by atoms with E-state index in [9.17, 15) is 4.79 Å². The number of carbonyl (C=O) groups is 1. The molecule has 0 saturated carbocycles. The number of nitrogens with two attached hydrogens (primary N) is 1. The summed E-state index contributed by atoms with van der Waals surface area (Å²) in [6, 6.07) is 1.96. The Morgan fingerprint density at radius 2 is 2.37 bits per heavy atom. The van der Waals surface area contributed by atoms with Crippen LogP contribution in [-0.4, -0.2) is 25.2 Å². The van der Waals surface area contributed by atoms with E-state index in [-0.39, 0.29) is 5.91 Å². The van der Waals surface area contributed by atoms with Crippen LogP contribution in [0.3, 0.4) is 0 Å². The highest BCUT2D eigenvalue weighted by Gasteiger charge is 2.30. The number of ether oxygens (including phenoxy) is 1. The molecule has 1 heterocycles. The number of carbonyl (C=O) groups excluding carboxylic acids is 1. The van der Waals surface area contributed by atoms with Crippen molar-refractivity contribution in [3.05, 3.63) is 21.9 Å². The van der Waals surface area contributed by atoms with Crippen LogP contribution in [0, 0.1) is 11.8 Å². The van der Waals surface area contributed by atoms with Gasteiger partial charge in [-0.1, -0.05) is 18.8 Å². The van der Waals surface area contributed by atoms with Crippen molar-refractivity contribution in [2.45, 2.75) is 32.4 Å². The van der Waals surface area contributed by atoms with Crippen molar-refractivity contribution in [2.24, 2.45) is 5.73 Å². The van der Waals surface area contributed by atoms with E-state index in [0.717, 1.165) is 10.4 Å². The van der Waals surface area contributed by atoms with Crippen molar-refractivity contribution < 1.29 is 9.53 Å². The van der Waals surface area contributed by atoms with Gasteiger partial charge in [-0.2, -0.15) is 0 Å². The minimum Gasteiger partial charge on any atom is -0.369 e. The maximum Gasteiger partial charge on any atom is 0.252 e. The molecule has 0 aliphatic carbocycles. The van der Waals surface area contributed by atoms with Gasteiger partial charge in [-0.15, -0.1) is 11.3 Å². The lowest BCUT2D eigenvalue weighted by molar-refractivity contribution is -0.141. The van der Waals surface area contributed by atoms with Gasteiger partial charge in [0.15, 0.2) is 0 Å². The minimum atomic E-state index is -0.764. The summed E-state index contributed by atoms with van der Waals surface area (Å²) in [5.41, 5.74) is 5.49. The molecule has 0 radical (unpaired) electrons. The van der Waals surface area contributed by atoms with E-state index in [0.29, 0.717) is 19.5 Å². The van der Waals surface area contributed by atoms with Crippen LogP contribution in [0.4, 0.5) is 0 Å². The summed E-state index contributed by atoms with van der Waals surface area (Å²) in [4.78, 5) is 13.1. The molecule has 0 fully saturated rings. The molecule has 0 bridgehead atoms. The molecule has 1 aromatic heterocycles. The number of hydrogen-bond donors (Lipinski definition) is 2. The summed E-state index contributed by atoms with van der Waals surface area (Å²) in [5.74, 6) is 5.67. The van der Waals surface area contributed by atoms with E-state index in [4.69, 9.17) is 10.5 Å². The number of nitrogens with one attached hydrogen (secondary N) is 1. The minimum absolute atomic E-state index is 0.0968. The van der Waals surface area contributed by atoms with E-state index >= 15 is 0 Å². The molecule has 1 aromatic rings. The fourth-order valence-corrected chi connectivity index (χ4v) is 2.20. The third-order valence-electron chi connectivity index (χ3n) is 3.02. The number of amides is 1. The normalized spacial score (nSPS) is 13.3. The van der Waals surface area contributed by atoms with Crippen LogP contribution >= 0.6 is 11.3 Å². The molecule has 19 heavy (non-hydrogen) atoms. The number of methoxy groups -OCH3 is 1. The van der Waals surface area contributed by atoms with Gasteiger partial charge in [0.2, 0.25) is 0 Å². The zero-order valence-corrected chi connectivity index (χ0v) is 12.4. The monoisotopic (exact) mass is 280 g/mol. The van der Waals surface area contributed by atoms with Crippen molar-refractivity contribution in [1.29, 1.82) is 0 Å². The van der Waals surface area contributed by atoms with Crippen LogP contribution in [0.15, 0.2) is 11.4 Å². The van der Waals surface area contributed by atoms with Gasteiger partial charge in [0.05, 0.1) is 13.1 Å². The third-order valence-corrected chi connectivity index (χ3v) is 3.95. The molecule has 5 heteroatoms. The van der Waals surface area contributed by atoms with E-state index in [1.165, 1.54) is 0 Å². The average molecular weight is 280 g/mol. The Morgan fingerprint density at radius 1 is 1.63 bits per heavy atom. The summed E-state index contributed by atoms with van der Waals surface area (Å²) in [6.45, 7) is 4.56. The largest absolute Gasteiger partial charge is 0.369 e. The second-order valence-corrected chi connectivity index (χ2v) is 5.27. The Kier molecular flexibility index (Phi) is 6.03. The Balaban J connectivity index is 2.57. The molecule has 0 saturated heterocycles. The molecule has 1 amide bonds. The van der Waals surface area contributed by atoms with Crippen LogP contribution < -0.4 is 11.1 Å². The molecule has 1 atom stereocenters. The second-order valence-electron chi connectivity index (χ2n) is 4.28. The summed E-state index contributed by atoms with van der Waals surface area (Å²) in [7, 11) is 1.55. The quantitative estimate of drug-likeness (QED) is 0.803. The standard InChI is InChI=1S/C14H20N2O2S/c1-4-14(2,18-3)13(17)16-9-12-8-11(10-19-12)6-5-7-15/h8,10H,4,7,9,15H2,1-3H3,(H,16,17). The summed E-state index contributed by atoms with van der Waals surface area (Å²) in [6.07, 6.45) is 0.632. The molecular weight excluding hydrogens is 260 g/mol. The zero-order valence-electron chi connectivity index (χ0n) is 11.6. The lowest BCUT2D eigenvalue weighted by atomic mass is 10.0. The number of thiophene rings is 1. The van der Waals surface area contributed by atoms with Crippen molar-refractivity contribution in [2.75, 3.05) is 13.7 Å². The fourth-order valence-electron chi connectivity index (χ4n) is 1.44. The molecule has 1 rings (SSSR count). The lowest BCUT2D eigenvalue weighted by Gasteiger charge is -2.24. The predicted octanol–water partition coefficient (Wildman–Crippen LogP) is 1.49. The van der Waals surface area contributed by atoms with E-state index in [1.807, 2.05) is 18.4 Å². The molecule has 1 unspecified atom stereocenters. The molecule has 0 spiro atoms. The van der Waals surface area contributed by atoms with E-state index in [2.05, 4.69) is 17.2 Å². The predicted molar refractivity (Wildman–Crippen MR) is 77.8 cm³/mol. The second kappa shape index (κ2) is 7.29. The van der Waals surface area contributed by atoms with Crippen molar-refractivity contribution >= 4 is 17.2 Å². The Hall–Kier alpha value is -1.35. The van der Waals surface area contributed by atoms with Crippen molar-refractivity contribution in [3.63, 3.8) is 0 Å². The first kappa shape index (κ1) is 15.7. The van der Waals surface area contributed by atoms with Gasteiger partial charge in [0, 0.05) is 22.9 Å². The van der Waals surface area contributed by atoms with Gasteiger partial charge >= 0.3 is 0 Å². The highest BCUT2D eigenvalue weighted by atomic mass is 32.1. The molecule has 3 N–H and O–H groups in total. The molecule has 0 aromatic carbocycles. The Morgan fingerprint density at radius 3 is 2.95 bits per heavy atom. The fraction of sp³-hybridized carbons (Fsp3) is 0.500. The first-order valence-electron chi connectivity index (χ1n) is 6.15. The van der Waals surface area contributed by atoms with Gasteiger partial charge in [-0.3, -0.25) is 4.79 Å². The first-order valence-corrected chi connectivity index (χ1v) is 7.03. The van der Waals surface area contributed by atoms with Crippen LogP contribution in [-0.2, 0) is 16.1 Å². The molecule has 4 nitrogen and oxygen atoms in total. The molecular formula is C14H20N2O2S. The highest BCUT2D eigenvalue weighted by Crippen LogP contribution is 2.16. The van der Waals surface area contributed by atoms with Gasteiger partial charge < -0.3 is 15.8 Å². The van der Waals surface area contributed by atoms with Crippen LogP contribution in [0.2, 0.25) is 0 Å². The topological polar surface area (TPSA) is 64.3 Å². The number of hydrogen-bond acceptors (Lipinski definition) is 4. The van der Waals surface area contributed by atoms with E-state index in [1.54, 1.807) is 25.4 Å². The summed E-state index contributed by atoms with van der Waals surface area (Å²) < 4.78 is 5.25. The van der Waals surface area contributed by atoms with Gasteiger partial charge in [-0.05, 0) is 19.4 Å². The van der Waals surface area contributed by atoms with E-state index < -0.39 is 5.60 Å². The van der Waals surface area contributed by atoms with Crippen LogP contribution in [0.5, 0.6) is 0 Å². The third kappa shape index (κ3) is 4.35. The molecule has 0 aliphatic rings. The maximum absolute atomic E-state index is 12.0. The van der Waals surface area contributed by atoms with Gasteiger partial charge in [0.25, 0.3) is 5.91 Å². The smallest absolute Gasteiger partial charge is 0.252 e. The summed E-state index contributed by atoms with van der Waals surface area (Å²) in [5, 5.41) is 4.84. The Bertz CT molecular complexity index is 481. The van der Waals surface area contributed by atoms with Crippen LogP contribution in [0.25, 0.3) is 0 Å². The van der Waals surface area contributed by atoms with Crippen molar-refractivity contribution in [3.8, 4) is 11.8 Å².